The highest BCUT2D eigenvalue weighted by atomic mass is 16.5. The molecule has 0 spiro atoms. The van der Waals surface area contributed by atoms with Crippen LogP contribution in [-0.4, -0.2) is 28.5 Å². The van der Waals surface area contributed by atoms with Gasteiger partial charge in [0.05, 0.1) is 6.10 Å². The number of rotatable bonds is 7. The van der Waals surface area contributed by atoms with Crippen molar-refractivity contribution in [2.75, 3.05) is 6.61 Å². The van der Waals surface area contributed by atoms with Crippen molar-refractivity contribution < 1.29 is 4.74 Å². The molecule has 0 aliphatic heterocycles. The Hall–Kier alpha value is -0.910. The lowest BCUT2D eigenvalue weighted by molar-refractivity contribution is 0.0452. The van der Waals surface area contributed by atoms with Crippen LogP contribution in [-0.2, 0) is 18.2 Å². The molecule has 1 aromatic rings. The molecule has 0 fully saturated rings. The van der Waals surface area contributed by atoms with Crippen molar-refractivity contribution in [1.29, 1.82) is 0 Å². The van der Waals surface area contributed by atoms with Crippen LogP contribution >= 0.6 is 0 Å². The van der Waals surface area contributed by atoms with Gasteiger partial charge in [0, 0.05) is 31.6 Å². The summed E-state index contributed by atoms with van der Waals surface area (Å²) >= 11 is 0. The molecule has 1 aromatic heterocycles. The van der Waals surface area contributed by atoms with Crippen molar-refractivity contribution in [2.45, 2.75) is 38.8 Å². The van der Waals surface area contributed by atoms with Crippen molar-refractivity contribution >= 4 is 0 Å². The number of ether oxygens (including phenoxy) is 1. The first-order valence-corrected chi connectivity index (χ1v) is 5.73. The Morgan fingerprint density at radius 2 is 2.38 bits per heavy atom. The number of hydrogen-bond donors (Lipinski definition) is 2. The van der Waals surface area contributed by atoms with E-state index in [1.54, 1.807) is 0 Å². The average Bonchev–Trinajstić information content (AvgIpc) is 2.66. The first kappa shape index (κ1) is 13.2. The second-order valence-corrected chi connectivity index (χ2v) is 3.92. The van der Waals surface area contributed by atoms with Crippen LogP contribution in [0.2, 0.25) is 0 Å². The van der Waals surface area contributed by atoms with Crippen molar-refractivity contribution in [2.24, 2.45) is 12.9 Å². The Balaban J connectivity index is 2.42. The summed E-state index contributed by atoms with van der Waals surface area (Å²) in [6, 6.07) is 2.20. The van der Waals surface area contributed by atoms with E-state index in [1.807, 2.05) is 37.8 Å². The first-order valence-electron chi connectivity index (χ1n) is 5.73. The zero-order chi connectivity index (χ0) is 12.0. The van der Waals surface area contributed by atoms with Gasteiger partial charge in [0.25, 0.3) is 0 Å². The quantitative estimate of drug-likeness (QED) is 0.528. The van der Waals surface area contributed by atoms with Crippen molar-refractivity contribution in [1.82, 2.24) is 15.2 Å². The fraction of sp³-hybridized carbons (Fsp3) is 0.727. The summed E-state index contributed by atoms with van der Waals surface area (Å²) < 4.78 is 7.42. The molecule has 5 heteroatoms. The summed E-state index contributed by atoms with van der Waals surface area (Å²) in [5.74, 6) is 5.53. The van der Waals surface area contributed by atoms with Gasteiger partial charge >= 0.3 is 0 Å². The lowest BCUT2D eigenvalue weighted by Gasteiger charge is -2.22. The minimum atomic E-state index is 0.128. The normalized spacial score (nSPS) is 15.0. The molecule has 1 heterocycles. The van der Waals surface area contributed by atoms with Gasteiger partial charge in [-0.15, -0.1) is 0 Å². The lowest BCUT2D eigenvalue weighted by Crippen LogP contribution is -2.44. The minimum absolute atomic E-state index is 0.128. The van der Waals surface area contributed by atoms with Crippen LogP contribution in [0, 0.1) is 0 Å². The number of hydrogen-bond acceptors (Lipinski definition) is 4. The summed E-state index contributed by atoms with van der Waals surface area (Å²) in [4.78, 5) is 0. The number of aryl methyl sites for hydroxylation is 2. The molecule has 2 unspecified atom stereocenters. The van der Waals surface area contributed by atoms with Gasteiger partial charge in [-0.3, -0.25) is 16.0 Å². The Bertz CT molecular complexity index is 300. The van der Waals surface area contributed by atoms with Gasteiger partial charge in [-0.1, -0.05) is 0 Å². The molecular weight excluding hydrogens is 204 g/mol. The molecule has 0 radical (unpaired) electrons. The Morgan fingerprint density at radius 3 is 2.88 bits per heavy atom. The molecule has 3 N–H and O–H groups in total. The largest absolute Gasteiger partial charge is 0.377 e. The monoisotopic (exact) mass is 226 g/mol. The molecule has 0 bridgehead atoms. The van der Waals surface area contributed by atoms with E-state index < -0.39 is 0 Å². The van der Waals surface area contributed by atoms with Crippen LogP contribution < -0.4 is 11.3 Å². The predicted octanol–water partition coefficient (Wildman–Crippen LogP) is 0.610. The number of hydrazine groups is 1. The number of nitrogens with zero attached hydrogens (tertiary/aromatic N) is 2. The fourth-order valence-electron chi connectivity index (χ4n) is 1.78. The van der Waals surface area contributed by atoms with Crippen LogP contribution in [0.5, 0.6) is 0 Å². The number of nitrogens with two attached hydrogens (primary N) is 1. The number of aromatic nitrogens is 2. The van der Waals surface area contributed by atoms with Gasteiger partial charge in [0.15, 0.2) is 0 Å². The summed E-state index contributed by atoms with van der Waals surface area (Å²) in [6.45, 7) is 4.74. The van der Waals surface area contributed by atoms with Gasteiger partial charge < -0.3 is 4.74 Å². The molecule has 0 amide bonds. The second-order valence-electron chi connectivity index (χ2n) is 3.92. The third kappa shape index (κ3) is 3.59. The molecule has 16 heavy (non-hydrogen) atoms. The maximum atomic E-state index is 5.53. The van der Waals surface area contributed by atoms with Gasteiger partial charge in [-0.2, -0.15) is 5.10 Å². The average molecular weight is 226 g/mol. The van der Waals surface area contributed by atoms with Crippen LogP contribution in [0.15, 0.2) is 12.3 Å². The van der Waals surface area contributed by atoms with Gasteiger partial charge in [0.2, 0.25) is 0 Å². The van der Waals surface area contributed by atoms with Crippen molar-refractivity contribution in [3.63, 3.8) is 0 Å². The summed E-state index contributed by atoms with van der Waals surface area (Å²) in [6.07, 6.45) is 3.83. The van der Waals surface area contributed by atoms with E-state index in [1.165, 1.54) is 5.69 Å². The first-order chi connectivity index (χ1) is 7.69. The Morgan fingerprint density at radius 1 is 1.62 bits per heavy atom. The van der Waals surface area contributed by atoms with E-state index >= 15 is 0 Å². The maximum absolute atomic E-state index is 5.53. The highest BCUT2D eigenvalue weighted by molar-refractivity contribution is 5.00. The van der Waals surface area contributed by atoms with E-state index in [2.05, 4.69) is 10.5 Å². The summed E-state index contributed by atoms with van der Waals surface area (Å²) in [5, 5.41) is 4.14. The zero-order valence-electron chi connectivity index (χ0n) is 10.3. The SMILES string of the molecule is CCOC(C)C(CCc1ccnn1C)NN. The molecule has 5 nitrogen and oxygen atoms in total. The maximum Gasteiger partial charge on any atom is 0.0713 e. The van der Waals surface area contributed by atoms with Gasteiger partial charge in [-0.05, 0) is 32.8 Å². The van der Waals surface area contributed by atoms with Crippen LogP contribution in [0.1, 0.15) is 26.0 Å². The molecule has 2 atom stereocenters. The molecular formula is C11H22N4O. The minimum Gasteiger partial charge on any atom is -0.377 e. The fourth-order valence-corrected chi connectivity index (χ4v) is 1.78. The van der Waals surface area contributed by atoms with E-state index in [0.717, 1.165) is 12.8 Å². The standard InChI is InChI=1S/C11H22N4O/c1-4-16-9(2)11(14-12)6-5-10-7-8-13-15(10)3/h7-9,11,14H,4-6,12H2,1-3H3. The van der Waals surface area contributed by atoms with E-state index in [0.29, 0.717) is 6.61 Å². The molecule has 0 saturated heterocycles. The summed E-state index contributed by atoms with van der Waals surface area (Å²) in [5.41, 5.74) is 4.03. The molecule has 0 saturated carbocycles. The third-order valence-corrected chi connectivity index (χ3v) is 2.84. The Labute approximate surface area is 96.9 Å². The summed E-state index contributed by atoms with van der Waals surface area (Å²) in [7, 11) is 1.95. The molecule has 92 valence electrons. The molecule has 1 rings (SSSR count). The third-order valence-electron chi connectivity index (χ3n) is 2.84. The van der Waals surface area contributed by atoms with E-state index in [9.17, 15) is 0 Å². The highest BCUT2D eigenvalue weighted by Crippen LogP contribution is 2.08. The van der Waals surface area contributed by atoms with Gasteiger partial charge in [0.1, 0.15) is 0 Å². The number of nitrogens with one attached hydrogen (secondary N) is 1. The van der Waals surface area contributed by atoms with Crippen LogP contribution in [0.4, 0.5) is 0 Å². The van der Waals surface area contributed by atoms with Crippen molar-refractivity contribution in [3.8, 4) is 0 Å². The van der Waals surface area contributed by atoms with Crippen molar-refractivity contribution in [3.05, 3.63) is 18.0 Å². The Kier molecular flexibility index (Phi) is 5.45. The molecule has 0 aliphatic carbocycles. The highest BCUT2D eigenvalue weighted by Gasteiger charge is 2.16. The van der Waals surface area contributed by atoms with E-state index in [-0.39, 0.29) is 12.1 Å². The zero-order valence-corrected chi connectivity index (χ0v) is 10.3. The molecule has 0 aliphatic rings. The second kappa shape index (κ2) is 6.62. The smallest absolute Gasteiger partial charge is 0.0713 e. The van der Waals surface area contributed by atoms with E-state index in [4.69, 9.17) is 10.6 Å². The van der Waals surface area contributed by atoms with Crippen LogP contribution in [0.3, 0.4) is 0 Å². The lowest BCUT2D eigenvalue weighted by atomic mass is 10.1. The van der Waals surface area contributed by atoms with Gasteiger partial charge in [-0.25, -0.2) is 0 Å². The predicted molar refractivity (Wildman–Crippen MR) is 63.7 cm³/mol. The topological polar surface area (TPSA) is 65.1 Å². The van der Waals surface area contributed by atoms with Crippen LogP contribution in [0.25, 0.3) is 0 Å². The molecule has 0 aromatic carbocycles.